The molecule has 6 nitrogen and oxygen atoms in total. The van der Waals surface area contributed by atoms with Crippen LogP contribution in [0.3, 0.4) is 0 Å². The lowest BCUT2D eigenvalue weighted by molar-refractivity contribution is -0.146. The summed E-state index contributed by atoms with van der Waals surface area (Å²) in [5.41, 5.74) is 5.28. The molecule has 0 aromatic heterocycles. The van der Waals surface area contributed by atoms with Gasteiger partial charge in [-0.25, -0.2) is 4.79 Å². The highest BCUT2D eigenvalue weighted by molar-refractivity contribution is 5.81. The van der Waals surface area contributed by atoms with Gasteiger partial charge in [0.15, 0.2) is 0 Å². The average molecular weight is 266 g/mol. The van der Waals surface area contributed by atoms with Gasteiger partial charge < -0.3 is 20.5 Å². The van der Waals surface area contributed by atoms with E-state index in [1.807, 2.05) is 30.3 Å². The van der Waals surface area contributed by atoms with Crippen LogP contribution in [0, 0.1) is 0 Å². The number of nitrogens with one attached hydrogen (secondary N) is 1. The average Bonchev–Trinajstić information content (AvgIpc) is 2.43. The predicted molar refractivity (Wildman–Crippen MR) is 69.2 cm³/mol. The molecule has 104 valence electrons. The van der Waals surface area contributed by atoms with Crippen LogP contribution in [-0.2, 0) is 20.9 Å². The summed E-state index contributed by atoms with van der Waals surface area (Å²) >= 11 is 0. The zero-order chi connectivity index (χ0) is 14.3. The molecular weight excluding hydrogens is 248 g/mol. The maximum Gasteiger partial charge on any atom is 0.407 e. The summed E-state index contributed by atoms with van der Waals surface area (Å²) in [6, 6.07) is 9.26. The number of carbonyl (C=O) groups is 2. The Labute approximate surface area is 111 Å². The zero-order valence-electron chi connectivity index (χ0n) is 11.0. The molecule has 0 bridgehead atoms. The highest BCUT2D eigenvalue weighted by atomic mass is 16.5. The molecule has 1 aromatic carbocycles. The van der Waals surface area contributed by atoms with Crippen molar-refractivity contribution in [2.24, 2.45) is 5.73 Å². The molecule has 3 N–H and O–H groups in total. The van der Waals surface area contributed by atoms with Crippen molar-refractivity contribution in [1.29, 1.82) is 0 Å². The molecule has 0 heterocycles. The van der Waals surface area contributed by atoms with Crippen molar-refractivity contribution < 1.29 is 19.1 Å². The smallest absolute Gasteiger partial charge is 0.407 e. The predicted octanol–water partition coefficient (Wildman–Crippen LogP) is 0.803. The molecule has 1 aromatic rings. The van der Waals surface area contributed by atoms with Crippen molar-refractivity contribution in [2.75, 3.05) is 13.7 Å². The van der Waals surface area contributed by atoms with Crippen molar-refractivity contribution in [1.82, 2.24) is 5.32 Å². The van der Waals surface area contributed by atoms with Crippen LogP contribution >= 0.6 is 0 Å². The van der Waals surface area contributed by atoms with Crippen molar-refractivity contribution >= 4 is 12.1 Å². The molecular formula is C13H18N2O4. The van der Waals surface area contributed by atoms with Crippen molar-refractivity contribution in [3.05, 3.63) is 35.9 Å². The van der Waals surface area contributed by atoms with E-state index in [2.05, 4.69) is 10.1 Å². The van der Waals surface area contributed by atoms with Gasteiger partial charge in [-0.2, -0.15) is 0 Å². The number of carbonyl (C=O) groups excluding carboxylic acids is 2. The van der Waals surface area contributed by atoms with Crippen LogP contribution in [0.2, 0.25) is 0 Å². The Morgan fingerprint density at radius 1 is 1.32 bits per heavy atom. The Balaban J connectivity index is 2.34. The van der Waals surface area contributed by atoms with Crippen LogP contribution < -0.4 is 11.1 Å². The first-order valence-electron chi connectivity index (χ1n) is 5.77. The second-order valence-electron chi connectivity index (χ2n) is 4.32. The van der Waals surface area contributed by atoms with Gasteiger partial charge >= 0.3 is 12.1 Å². The number of ether oxygens (including phenoxy) is 2. The first kappa shape index (κ1) is 15.0. The molecule has 0 aliphatic carbocycles. The van der Waals surface area contributed by atoms with E-state index in [9.17, 15) is 9.59 Å². The Bertz CT molecular complexity index is 432. The van der Waals surface area contributed by atoms with E-state index in [1.165, 1.54) is 14.0 Å². The second kappa shape index (κ2) is 6.75. The summed E-state index contributed by atoms with van der Waals surface area (Å²) in [6.45, 7) is 1.57. The van der Waals surface area contributed by atoms with E-state index in [0.717, 1.165) is 5.56 Å². The molecule has 0 fully saturated rings. The van der Waals surface area contributed by atoms with Gasteiger partial charge in [0.05, 0.1) is 7.11 Å². The molecule has 0 unspecified atom stereocenters. The highest BCUT2D eigenvalue weighted by Gasteiger charge is 2.30. The number of nitrogens with two attached hydrogens (primary N) is 1. The van der Waals surface area contributed by atoms with Gasteiger partial charge in [0.1, 0.15) is 12.1 Å². The zero-order valence-corrected chi connectivity index (χ0v) is 11.0. The number of alkyl carbamates (subject to hydrolysis) is 1. The lowest BCUT2D eigenvalue weighted by atomic mass is 10.1. The fraction of sp³-hybridized carbons (Fsp3) is 0.385. The summed E-state index contributed by atoms with van der Waals surface area (Å²) in [5.74, 6) is -0.601. The third-order valence-corrected chi connectivity index (χ3v) is 2.46. The SMILES string of the molecule is COC(=O)[C@@](C)(N)CNC(=O)OCc1ccccc1. The number of benzene rings is 1. The van der Waals surface area contributed by atoms with E-state index in [-0.39, 0.29) is 13.2 Å². The molecule has 0 aliphatic heterocycles. The molecule has 0 aliphatic rings. The van der Waals surface area contributed by atoms with Gasteiger partial charge in [-0.1, -0.05) is 30.3 Å². The normalized spacial score (nSPS) is 13.2. The Morgan fingerprint density at radius 3 is 2.53 bits per heavy atom. The number of methoxy groups -OCH3 is 1. The van der Waals surface area contributed by atoms with Crippen LogP contribution in [-0.4, -0.2) is 31.3 Å². The fourth-order valence-electron chi connectivity index (χ4n) is 1.34. The van der Waals surface area contributed by atoms with Crippen molar-refractivity contribution in [2.45, 2.75) is 19.1 Å². The Kier molecular flexibility index (Phi) is 5.32. The first-order chi connectivity index (χ1) is 8.95. The summed E-state index contributed by atoms with van der Waals surface area (Å²) < 4.78 is 9.50. The standard InChI is InChI=1S/C13H18N2O4/c1-13(14,11(16)18-2)9-15-12(17)19-8-10-6-4-3-5-7-10/h3-7H,8-9,14H2,1-2H3,(H,15,17)/t13-/m0/s1. The molecule has 0 saturated carbocycles. The molecule has 19 heavy (non-hydrogen) atoms. The third kappa shape index (κ3) is 4.97. The Hall–Kier alpha value is -2.08. The van der Waals surface area contributed by atoms with Crippen LogP contribution in [0.15, 0.2) is 30.3 Å². The van der Waals surface area contributed by atoms with Crippen LogP contribution in [0.1, 0.15) is 12.5 Å². The van der Waals surface area contributed by atoms with Crippen LogP contribution in [0.4, 0.5) is 4.79 Å². The second-order valence-corrected chi connectivity index (χ2v) is 4.32. The van der Waals surface area contributed by atoms with Gasteiger partial charge in [-0.15, -0.1) is 0 Å². The summed E-state index contributed by atoms with van der Waals surface area (Å²) in [7, 11) is 1.24. The van der Waals surface area contributed by atoms with E-state index < -0.39 is 17.6 Å². The fourth-order valence-corrected chi connectivity index (χ4v) is 1.34. The minimum absolute atomic E-state index is 0.0622. The Morgan fingerprint density at radius 2 is 1.95 bits per heavy atom. The lowest BCUT2D eigenvalue weighted by Crippen LogP contribution is -2.54. The molecule has 1 rings (SSSR count). The largest absolute Gasteiger partial charge is 0.468 e. The molecule has 6 heteroatoms. The minimum atomic E-state index is -1.28. The van der Waals surface area contributed by atoms with Gasteiger partial charge in [-0.05, 0) is 12.5 Å². The van der Waals surface area contributed by atoms with Crippen molar-refractivity contribution in [3.8, 4) is 0 Å². The van der Waals surface area contributed by atoms with Crippen LogP contribution in [0.25, 0.3) is 0 Å². The van der Waals surface area contributed by atoms with E-state index in [4.69, 9.17) is 10.5 Å². The van der Waals surface area contributed by atoms with Crippen molar-refractivity contribution in [3.63, 3.8) is 0 Å². The number of hydrogen-bond acceptors (Lipinski definition) is 5. The molecule has 1 amide bonds. The quantitative estimate of drug-likeness (QED) is 0.769. The third-order valence-electron chi connectivity index (χ3n) is 2.46. The van der Waals surface area contributed by atoms with E-state index in [1.54, 1.807) is 0 Å². The van der Waals surface area contributed by atoms with E-state index >= 15 is 0 Å². The molecule has 0 spiro atoms. The number of esters is 1. The maximum atomic E-state index is 11.4. The minimum Gasteiger partial charge on any atom is -0.468 e. The lowest BCUT2D eigenvalue weighted by Gasteiger charge is -2.21. The van der Waals surface area contributed by atoms with E-state index in [0.29, 0.717) is 0 Å². The summed E-state index contributed by atoms with van der Waals surface area (Å²) in [5, 5.41) is 2.42. The van der Waals surface area contributed by atoms with Gasteiger partial charge in [0.25, 0.3) is 0 Å². The maximum absolute atomic E-state index is 11.4. The van der Waals surface area contributed by atoms with Gasteiger partial charge in [-0.3, -0.25) is 4.79 Å². The highest BCUT2D eigenvalue weighted by Crippen LogP contribution is 2.02. The summed E-state index contributed by atoms with van der Waals surface area (Å²) in [4.78, 5) is 22.7. The molecule has 0 saturated heterocycles. The molecule has 0 radical (unpaired) electrons. The topological polar surface area (TPSA) is 90.6 Å². The number of hydrogen-bond donors (Lipinski definition) is 2. The summed E-state index contributed by atoms with van der Waals surface area (Å²) in [6.07, 6.45) is -0.635. The monoisotopic (exact) mass is 266 g/mol. The van der Waals surface area contributed by atoms with Crippen LogP contribution in [0.5, 0.6) is 0 Å². The number of amides is 1. The molecule has 1 atom stereocenters. The van der Waals surface area contributed by atoms with Gasteiger partial charge in [0.2, 0.25) is 0 Å². The van der Waals surface area contributed by atoms with Gasteiger partial charge in [0, 0.05) is 6.54 Å². The number of rotatable bonds is 5. The first-order valence-corrected chi connectivity index (χ1v) is 5.77.